The van der Waals surface area contributed by atoms with Gasteiger partial charge in [-0.25, -0.2) is 0 Å². The van der Waals surface area contributed by atoms with Gasteiger partial charge in [0.2, 0.25) is 0 Å². The van der Waals surface area contributed by atoms with Gasteiger partial charge in [-0.05, 0) is 137 Å². The Hall–Kier alpha value is -7.44. The average Bonchev–Trinajstić information content (AvgIpc) is 3.38. The van der Waals surface area contributed by atoms with Gasteiger partial charge in [0, 0.05) is 53.9 Å². The molecule has 3 aliphatic rings. The Morgan fingerprint density at radius 3 is 1.15 bits per heavy atom. The Balaban J connectivity index is 0.823. The lowest BCUT2D eigenvalue weighted by Crippen LogP contribution is -2.17. The van der Waals surface area contributed by atoms with Crippen molar-refractivity contribution >= 4 is 69.0 Å². The predicted molar refractivity (Wildman–Crippen MR) is 275 cm³/mol. The van der Waals surface area contributed by atoms with Crippen molar-refractivity contribution in [3.63, 3.8) is 0 Å². The van der Waals surface area contributed by atoms with Crippen LogP contribution in [0.1, 0.15) is 17.9 Å². The van der Waals surface area contributed by atoms with Gasteiger partial charge in [-0.3, -0.25) is 0 Å². The molecule has 5 heteroatoms. The van der Waals surface area contributed by atoms with Crippen LogP contribution in [0.15, 0.2) is 268 Å². The molecule has 310 valence electrons. The van der Waals surface area contributed by atoms with Gasteiger partial charge < -0.3 is 14.7 Å². The van der Waals surface area contributed by atoms with Crippen LogP contribution in [0.3, 0.4) is 0 Å². The first-order chi connectivity index (χ1) is 32.2. The highest BCUT2D eigenvalue weighted by atomic mass is 32.2. The third-order valence-electron chi connectivity index (χ3n) is 12.6. The fraction of sp³-hybridized carbons (Fsp3) is 0.0333. The fourth-order valence-electron chi connectivity index (χ4n) is 9.34. The number of hydrogen-bond donors (Lipinski definition) is 0. The molecule has 9 aromatic rings. The van der Waals surface area contributed by atoms with Gasteiger partial charge >= 0.3 is 0 Å². The summed E-state index contributed by atoms with van der Waals surface area (Å²) in [6.07, 6.45) is 8.00. The normalized spacial score (nSPS) is 14.7. The minimum absolute atomic E-state index is 0.280. The minimum Gasteiger partial charge on any atom is -0.311 e. The Kier molecular flexibility index (Phi) is 10.2. The van der Waals surface area contributed by atoms with Crippen molar-refractivity contribution < 1.29 is 0 Å². The largest absolute Gasteiger partial charge is 0.311 e. The van der Waals surface area contributed by atoms with Crippen molar-refractivity contribution in [3.05, 3.63) is 254 Å². The fourth-order valence-corrected chi connectivity index (χ4v) is 11.5. The molecule has 0 saturated heterocycles. The van der Waals surface area contributed by atoms with E-state index in [0.29, 0.717) is 0 Å². The molecule has 0 bridgehead atoms. The Morgan fingerprint density at radius 2 is 0.738 bits per heavy atom. The second kappa shape index (κ2) is 16.9. The summed E-state index contributed by atoms with van der Waals surface area (Å²) in [7, 11) is 0. The van der Waals surface area contributed by atoms with Gasteiger partial charge in [-0.2, -0.15) is 0 Å². The highest BCUT2D eigenvalue weighted by molar-refractivity contribution is 8.00. The maximum Gasteiger partial charge on any atom is 0.0601 e. The molecule has 65 heavy (non-hydrogen) atoms. The first-order valence-electron chi connectivity index (χ1n) is 22.2. The first kappa shape index (κ1) is 39.2. The molecule has 3 nitrogen and oxygen atoms in total. The first-order valence-corrected chi connectivity index (χ1v) is 23.8. The van der Waals surface area contributed by atoms with E-state index < -0.39 is 0 Å². The van der Waals surface area contributed by atoms with Crippen molar-refractivity contribution in [1.82, 2.24) is 0 Å². The Bertz CT molecular complexity index is 3140. The predicted octanol–water partition coefficient (Wildman–Crippen LogP) is 17.7. The van der Waals surface area contributed by atoms with E-state index in [0.717, 1.165) is 23.5 Å². The van der Waals surface area contributed by atoms with Crippen molar-refractivity contribution in [3.8, 4) is 22.3 Å². The van der Waals surface area contributed by atoms with Crippen LogP contribution in [0, 0.1) is 0 Å². The molecule has 9 aromatic carbocycles. The van der Waals surface area contributed by atoms with Gasteiger partial charge in [0.05, 0.1) is 22.7 Å². The zero-order chi connectivity index (χ0) is 43.1. The smallest absolute Gasteiger partial charge is 0.0601 e. The second-order valence-electron chi connectivity index (χ2n) is 16.5. The van der Waals surface area contributed by atoms with Crippen molar-refractivity contribution in [2.45, 2.75) is 31.9 Å². The zero-order valence-electron chi connectivity index (χ0n) is 35.5. The summed E-state index contributed by atoms with van der Waals surface area (Å²) < 4.78 is 0. The number of fused-ring (bicyclic) bond motifs is 4. The number of nitrogens with zero attached hydrogens (tertiary/aromatic N) is 3. The lowest BCUT2D eigenvalue weighted by molar-refractivity contribution is 0.840. The summed E-state index contributed by atoms with van der Waals surface area (Å²) in [5.41, 5.74) is 16.7. The molecule has 1 aliphatic carbocycles. The molecular weight excluding hydrogens is 827 g/mol. The molecule has 0 spiro atoms. The van der Waals surface area contributed by atoms with E-state index in [1.54, 1.807) is 0 Å². The highest BCUT2D eigenvalue weighted by Crippen LogP contribution is 2.53. The third-order valence-corrected chi connectivity index (χ3v) is 14.9. The third kappa shape index (κ3) is 7.43. The average molecular weight is 870 g/mol. The molecule has 0 amide bonds. The number of allylic oxidation sites excluding steroid dienone is 3. The van der Waals surface area contributed by atoms with E-state index in [-0.39, 0.29) is 5.92 Å². The van der Waals surface area contributed by atoms with Crippen LogP contribution in [0.25, 0.3) is 22.3 Å². The van der Waals surface area contributed by atoms with E-state index in [4.69, 9.17) is 0 Å². The summed E-state index contributed by atoms with van der Waals surface area (Å²) >= 11 is 3.68. The summed E-state index contributed by atoms with van der Waals surface area (Å²) in [4.78, 5) is 12.3. The molecule has 0 aromatic heterocycles. The number of anilines is 8. The van der Waals surface area contributed by atoms with Crippen LogP contribution in [0.2, 0.25) is 0 Å². The highest BCUT2D eigenvalue weighted by Gasteiger charge is 2.26. The van der Waals surface area contributed by atoms with Crippen LogP contribution < -0.4 is 14.7 Å². The van der Waals surface area contributed by atoms with Crippen molar-refractivity contribution in [1.29, 1.82) is 0 Å². The lowest BCUT2D eigenvalue weighted by Gasteiger charge is -2.33. The molecule has 2 aliphatic heterocycles. The molecule has 0 saturated carbocycles. The van der Waals surface area contributed by atoms with Crippen molar-refractivity contribution in [2.75, 3.05) is 14.7 Å². The lowest BCUT2D eigenvalue weighted by atomic mass is 9.91. The summed E-state index contributed by atoms with van der Waals surface area (Å²) in [5, 5.41) is 0. The number of para-hydroxylation sites is 4. The summed E-state index contributed by atoms with van der Waals surface area (Å²) in [6.45, 7) is 0. The Morgan fingerprint density at radius 1 is 0.369 bits per heavy atom. The summed E-state index contributed by atoms with van der Waals surface area (Å²) in [5.74, 6) is 0.280. The van der Waals surface area contributed by atoms with Crippen LogP contribution in [0.4, 0.5) is 45.5 Å². The van der Waals surface area contributed by atoms with Crippen LogP contribution in [0.5, 0.6) is 0 Å². The van der Waals surface area contributed by atoms with E-state index in [1.807, 2.05) is 23.5 Å². The maximum atomic E-state index is 2.40. The van der Waals surface area contributed by atoms with E-state index in [1.165, 1.54) is 81.5 Å². The molecule has 0 fully saturated rings. The van der Waals surface area contributed by atoms with E-state index >= 15 is 0 Å². The monoisotopic (exact) mass is 869 g/mol. The number of hydrogen-bond acceptors (Lipinski definition) is 5. The SMILES string of the molecule is C1=CC(c2ccc(N3c4ccccc4Sc4ccccc43)cc2)CC=C1N(c1ccc(-c2ccccc2)cc1)c1ccc(-c2ccc(N3c4ccccc4Sc4ccccc43)cc2)cc1. The van der Waals surface area contributed by atoms with Crippen LogP contribution in [-0.4, -0.2) is 0 Å². The second-order valence-corrected chi connectivity index (χ2v) is 18.7. The Labute approximate surface area is 389 Å². The number of rotatable bonds is 8. The van der Waals surface area contributed by atoms with E-state index in [2.05, 4.69) is 257 Å². The van der Waals surface area contributed by atoms with Gasteiger partial charge in [0.25, 0.3) is 0 Å². The van der Waals surface area contributed by atoms with Crippen LogP contribution in [-0.2, 0) is 0 Å². The minimum atomic E-state index is 0.280. The quantitative estimate of drug-likeness (QED) is 0.150. The van der Waals surface area contributed by atoms with Gasteiger partial charge in [0.15, 0.2) is 0 Å². The van der Waals surface area contributed by atoms with Crippen LogP contribution >= 0.6 is 23.5 Å². The van der Waals surface area contributed by atoms with Gasteiger partial charge in [0.1, 0.15) is 0 Å². The standard InChI is InChI=1S/C60H43N3S2/c1-2-12-42(13-3-1)43-22-32-48(33-23-43)61(49-34-24-44(25-35-49)46-28-38-51(39-29-46)62-53-14-4-8-18-57(53)64-58-19-9-5-15-54(58)62)50-36-26-45(27-37-50)47-30-40-52(41-31-47)63-55-16-6-10-20-59(55)65-60-21-11-7-17-56(60)63/h1-26,28-41,45H,27H2. The number of benzene rings is 9. The zero-order valence-corrected chi connectivity index (χ0v) is 37.2. The molecular formula is C60H43N3S2. The van der Waals surface area contributed by atoms with Gasteiger partial charge in [-0.15, -0.1) is 0 Å². The molecule has 0 radical (unpaired) electrons. The maximum absolute atomic E-state index is 2.40. The topological polar surface area (TPSA) is 9.72 Å². The molecule has 1 atom stereocenters. The van der Waals surface area contributed by atoms with Gasteiger partial charge in [-0.1, -0.05) is 163 Å². The molecule has 0 N–H and O–H groups in total. The molecule has 1 unspecified atom stereocenters. The summed E-state index contributed by atoms with van der Waals surface area (Å²) in [6, 6.07) is 81.6. The van der Waals surface area contributed by atoms with E-state index in [9.17, 15) is 0 Å². The molecule has 2 heterocycles. The molecule has 12 rings (SSSR count). The van der Waals surface area contributed by atoms with Crippen molar-refractivity contribution in [2.24, 2.45) is 0 Å².